The van der Waals surface area contributed by atoms with Crippen LogP contribution in [0.4, 0.5) is 0 Å². The van der Waals surface area contributed by atoms with E-state index < -0.39 is 15.0 Å². The molecule has 0 unspecified atom stereocenters. The summed E-state index contributed by atoms with van der Waals surface area (Å²) in [7, 11) is -4.73. The molecule has 0 rings (SSSR count). The van der Waals surface area contributed by atoms with Crippen molar-refractivity contribution < 1.29 is 28.6 Å². The van der Waals surface area contributed by atoms with Gasteiger partial charge in [-0.15, -0.1) is 4.58 Å². The first-order valence-corrected chi connectivity index (χ1v) is 3.90. The summed E-state index contributed by atoms with van der Waals surface area (Å²) in [6.45, 7) is 2.98. The molecule has 0 radical (unpaired) electrons. The summed E-state index contributed by atoms with van der Waals surface area (Å²) in [4.78, 5) is 37.9. The number of carbonyl (C=O) groups excluding carboxylic acids is 1. The minimum atomic E-state index is -4.73. The summed E-state index contributed by atoms with van der Waals surface area (Å²) in [6, 6.07) is 0. The molecule has 0 atom stereocenters. The lowest BCUT2D eigenvalue weighted by Crippen LogP contribution is -2.39. The Balaban J connectivity index is 3.55. The van der Waals surface area contributed by atoms with Crippen LogP contribution in [0.2, 0.25) is 0 Å². The van der Waals surface area contributed by atoms with Crippen molar-refractivity contribution in [2.45, 2.75) is 0 Å². The second-order valence-electron chi connectivity index (χ2n) is 1.26. The van der Waals surface area contributed by atoms with Gasteiger partial charge in [0.2, 0.25) is 0 Å². The number of carbonyl (C=O) groups is 1. The SMILES string of the molecule is C=CC(=O)OO[Si](O)(O)O. The van der Waals surface area contributed by atoms with Crippen LogP contribution in [0.1, 0.15) is 0 Å². The van der Waals surface area contributed by atoms with Crippen molar-refractivity contribution in [3.63, 3.8) is 0 Å². The highest BCUT2D eigenvalue weighted by atomic mass is 28.4. The maximum absolute atomic E-state index is 10.1. The zero-order valence-corrected chi connectivity index (χ0v) is 5.85. The Bertz CT molecular complexity index is 136. The van der Waals surface area contributed by atoms with Crippen LogP contribution in [0.15, 0.2) is 12.7 Å². The molecule has 10 heavy (non-hydrogen) atoms. The molecule has 3 N–H and O–H groups in total. The van der Waals surface area contributed by atoms with Crippen LogP contribution in [-0.4, -0.2) is 29.4 Å². The van der Waals surface area contributed by atoms with E-state index in [0.717, 1.165) is 6.08 Å². The van der Waals surface area contributed by atoms with Crippen molar-refractivity contribution in [1.29, 1.82) is 0 Å². The summed E-state index contributed by atoms with van der Waals surface area (Å²) >= 11 is 0. The highest BCUT2D eigenvalue weighted by Crippen LogP contribution is 1.90. The second kappa shape index (κ2) is 3.44. The van der Waals surface area contributed by atoms with E-state index in [1.807, 2.05) is 0 Å². The Morgan fingerprint density at radius 1 is 1.50 bits per heavy atom. The van der Waals surface area contributed by atoms with E-state index >= 15 is 0 Å². The van der Waals surface area contributed by atoms with Crippen molar-refractivity contribution in [3.05, 3.63) is 12.7 Å². The highest BCUT2D eigenvalue weighted by molar-refractivity contribution is 6.48. The van der Waals surface area contributed by atoms with Gasteiger partial charge in [-0.05, 0) is 0 Å². The standard InChI is InChI=1S/C3H6O6Si/c1-2-3(4)8-9-10(5,6)7/h2,5-7H,1H2. The number of hydrogen-bond donors (Lipinski definition) is 3. The molecule has 58 valence electrons. The third-order valence-electron chi connectivity index (χ3n) is 0.402. The molecular formula is C3H6O6Si. The molecule has 6 nitrogen and oxygen atoms in total. The van der Waals surface area contributed by atoms with Gasteiger partial charge in [-0.25, -0.2) is 4.79 Å². The molecule has 0 bridgehead atoms. The van der Waals surface area contributed by atoms with Crippen LogP contribution in [-0.2, 0) is 14.3 Å². The molecule has 0 heterocycles. The third kappa shape index (κ3) is 5.40. The van der Waals surface area contributed by atoms with Gasteiger partial charge in [-0.2, -0.15) is 0 Å². The Kier molecular flexibility index (Phi) is 3.19. The monoisotopic (exact) mass is 166 g/mol. The Morgan fingerprint density at radius 3 is 2.30 bits per heavy atom. The number of hydrogen-bond acceptors (Lipinski definition) is 6. The molecule has 0 aliphatic rings. The molecule has 7 heteroatoms. The van der Waals surface area contributed by atoms with Gasteiger partial charge in [0.15, 0.2) is 0 Å². The van der Waals surface area contributed by atoms with E-state index in [4.69, 9.17) is 14.4 Å². The smallest absolute Gasteiger partial charge is 0.366 e. The van der Waals surface area contributed by atoms with Gasteiger partial charge in [0.25, 0.3) is 0 Å². The molecule has 0 aliphatic carbocycles. The Morgan fingerprint density at radius 2 is 2.00 bits per heavy atom. The summed E-state index contributed by atoms with van der Waals surface area (Å²) in [5.74, 6) is -1.02. The van der Waals surface area contributed by atoms with E-state index in [1.54, 1.807) is 0 Å². The van der Waals surface area contributed by atoms with Gasteiger partial charge in [0.1, 0.15) is 0 Å². The van der Waals surface area contributed by atoms with Crippen LogP contribution in [0.5, 0.6) is 0 Å². The maximum Gasteiger partial charge on any atom is 0.709 e. The van der Waals surface area contributed by atoms with Gasteiger partial charge in [0.05, 0.1) is 0 Å². The van der Waals surface area contributed by atoms with E-state index in [-0.39, 0.29) is 0 Å². The van der Waals surface area contributed by atoms with Gasteiger partial charge in [0, 0.05) is 6.08 Å². The fraction of sp³-hybridized carbons (Fsp3) is 0. The normalized spacial score (nSPS) is 10.7. The maximum atomic E-state index is 10.1. The molecular weight excluding hydrogens is 160 g/mol. The van der Waals surface area contributed by atoms with Crippen molar-refractivity contribution in [1.82, 2.24) is 0 Å². The Labute approximate surface area is 57.4 Å². The topological polar surface area (TPSA) is 96.2 Å². The Hall–Kier alpha value is -0.733. The van der Waals surface area contributed by atoms with Crippen molar-refractivity contribution >= 4 is 15.0 Å². The van der Waals surface area contributed by atoms with E-state index in [0.29, 0.717) is 0 Å². The predicted molar refractivity (Wildman–Crippen MR) is 29.8 cm³/mol. The molecule has 0 aliphatic heterocycles. The molecule has 0 fully saturated rings. The summed E-state index contributed by atoms with van der Waals surface area (Å²) < 4.78 is 3.47. The first-order valence-electron chi connectivity index (χ1n) is 2.15. The molecule has 0 aromatic carbocycles. The second-order valence-corrected chi connectivity index (χ2v) is 2.58. The van der Waals surface area contributed by atoms with Crippen molar-refractivity contribution in [3.8, 4) is 0 Å². The van der Waals surface area contributed by atoms with E-state index in [9.17, 15) is 4.79 Å². The first kappa shape index (κ1) is 9.27. The molecule has 0 amide bonds. The molecule has 0 aromatic heterocycles. The van der Waals surface area contributed by atoms with Crippen LogP contribution in [0.25, 0.3) is 0 Å². The van der Waals surface area contributed by atoms with Gasteiger partial charge < -0.3 is 14.4 Å². The van der Waals surface area contributed by atoms with Gasteiger partial charge in [-0.1, -0.05) is 6.58 Å². The van der Waals surface area contributed by atoms with Crippen molar-refractivity contribution in [2.75, 3.05) is 0 Å². The minimum Gasteiger partial charge on any atom is -0.366 e. The fourth-order valence-electron chi connectivity index (χ4n) is 0.131. The first-order chi connectivity index (χ1) is 4.45. The molecule has 0 aromatic rings. The fourth-order valence-corrected chi connectivity index (χ4v) is 0.325. The zero-order chi connectivity index (χ0) is 8.20. The summed E-state index contributed by atoms with van der Waals surface area (Å²) in [6.07, 6.45) is 0.736. The quantitative estimate of drug-likeness (QED) is 0.195. The van der Waals surface area contributed by atoms with E-state index in [1.165, 1.54) is 0 Å². The third-order valence-corrected chi connectivity index (χ3v) is 0.709. The van der Waals surface area contributed by atoms with Crippen LogP contribution >= 0.6 is 0 Å². The average Bonchev–Trinajstić information content (AvgIpc) is 1.81. The summed E-state index contributed by atoms with van der Waals surface area (Å²) in [5, 5.41) is 0. The summed E-state index contributed by atoms with van der Waals surface area (Å²) in [5.41, 5.74) is 0. The largest absolute Gasteiger partial charge is 0.709 e. The lowest BCUT2D eigenvalue weighted by molar-refractivity contribution is -0.243. The van der Waals surface area contributed by atoms with Crippen molar-refractivity contribution in [2.24, 2.45) is 0 Å². The molecule has 0 saturated heterocycles. The van der Waals surface area contributed by atoms with E-state index in [2.05, 4.69) is 16.0 Å². The lowest BCUT2D eigenvalue weighted by atomic mass is 10.7. The molecule has 0 spiro atoms. The van der Waals surface area contributed by atoms with Crippen LogP contribution < -0.4 is 0 Å². The number of rotatable bonds is 3. The van der Waals surface area contributed by atoms with Gasteiger partial charge >= 0.3 is 15.0 Å². The van der Waals surface area contributed by atoms with Gasteiger partial charge in [-0.3, -0.25) is 4.89 Å². The molecule has 0 saturated carbocycles. The lowest BCUT2D eigenvalue weighted by Gasteiger charge is -2.05. The average molecular weight is 166 g/mol. The highest BCUT2D eigenvalue weighted by Gasteiger charge is 2.34. The zero-order valence-electron chi connectivity index (χ0n) is 4.85. The van der Waals surface area contributed by atoms with Crippen LogP contribution in [0, 0.1) is 0 Å². The predicted octanol–water partition coefficient (Wildman–Crippen LogP) is -1.94. The van der Waals surface area contributed by atoms with Crippen LogP contribution in [0.3, 0.4) is 0 Å². The minimum absolute atomic E-state index is 0.736.